The van der Waals surface area contributed by atoms with Crippen LogP contribution in [-0.2, 0) is 26.2 Å². The van der Waals surface area contributed by atoms with Gasteiger partial charge in [0.15, 0.2) is 0 Å². The fourth-order valence-electron chi connectivity index (χ4n) is 4.18. The van der Waals surface area contributed by atoms with Crippen LogP contribution in [0.25, 0.3) is 0 Å². The van der Waals surface area contributed by atoms with Crippen molar-refractivity contribution in [1.82, 2.24) is 10.2 Å². The van der Waals surface area contributed by atoms with Gasteiger partial charge in [-0.3, -0.25) is 24.0 Å². The Kier molecular flexibility index (Phi) is 10.8. The van der Waals surface area contributed by atoms with E-state index in [1.54, 1.807) is 37.3 Å². The lowest BCUT2D eigenvalue weighted by Crippen LogP contribution is -2.53. The maximum absolute atomic E-state index is 14.1. The number of sulfonamides is 1. The van der Waals surface area contributed by atoms with E-state index in [0.29, 0.717) is 17.0 Å². The second-order valence-electron chi connectivity index (χ2n) is 9.46. The van der Waals surface area contributed by atoms with Gasteiger partial charge in [0.1, 0.15) is 12.6 Å². The quantitative estimate of drug-likeness (QED) is 0.213. The predicted molar refractivity (Wildman–Crippen MR) is 158 cm³/mol. The summed E-state index contributed by atoms with van der Waals surface area (Å²) in [5.74, 6) is -1.06. The third-order valence-corrected chi connectivity index (χ3v) is 8.78. The number of hydrogen-bond acceptors (Lipinski definition) is 6. The Labute approximate surface area is 245 Å². The van der Waals surface area contributed by atoms with Crippen molar-refractivity contribution >= 4 is 44.8 Å². The molecule has 0 saturated heterocycles. The number of rotatable bonds is 13. The number of nitrogens with zero attached hydrogens (tertiary/aromatic N) is 3. The molecule has 0 aliphatic carbocycles. The van der Waals surface area contributed by atoms with Gasteiger partial charge in [-0.2, -0.15) is 0 Å². The SMILES string of the molecule is CCC(C)NC(=O)C(CC)N(Cc1ccccc1Cl)C(=O)CN(c1cccc([N+](=O)[O-])c1)S(=O)(=O)c1ccccc1. The molecule has 0 heterocycles. The molecule has 218 valence electrons. The Morgan fingerprint density at radius 3 is 2.24 bits per heavy atom. The Bertz CT molecular complexity index is 1490. The number of benzene rings is 3. The van der Waals surface area contributed by atoms with Gasteiger partial charge in [0.05, 0.1) is 15.5 Å². The Morgan fingerprint density at radius 1 is 0.976 bits per heavy atom. The molecule has 2 unspecified atom stereocenters. The monoisotopic (exact) mass is 600 g/mol. The van der Waals surface area contributed by atoms with Crippen molar-refractivity contribution in [3.8, 4) is 0 Å². The van der Waals surface area contributed by atoms with Crippen LogP contribution in [0, 0.1) is 10.1 Å². The van der Waals surface area contributed by atoms with Crippen molar-refractivity contribution < 1.29 is 22.9 Å². The van der Waals surface area contributed by atoms with Crippen molar-refractivity contribution in [3.05, 3.63) is 99.6 Å². The van der Waals surface area contributed by atoms with Crippen molar-refractivity contribution in [3.63, 3.8) is 0 Å². The molecule has 0 aromatic heterocycles. The fraction of sp³-hybridized carbons (Fsp3) is 0.310. The van der Waals surface area contributed by atoms with Crippen LogP contribution in [0.4, 0.5) is 11.4 Å². The first-order chi connectivity index (χ1) is 19.5. The van der Waals surface area contributed by atoms with Crippen molar-refractivity contribution in [2.45, 2.75) is 57.1 Å². The molecule has 0 fully saturated rings. The first-order valence-electron chi connectivity index (χ1n) is 13.1. The van der Waals surface area contributed by atoms with E-state index in [0.717, 1.165) is 10.4 Å². The molecule has 0 aliphatic rings. The van der Waals surface area contributed by atoms with Crippen LogP contribution in [-0.4, -0.2) is 48.7 Å². The Morgan fingerprint density at radius 2 is 1.63 bits per heavy atom. The van der Waals surface area contributed by atoms with E-state index in [2.05, 4.69) is 5.32 Å². The summed E-state index contributed by atoms with van der Waals surface area (Å²) in [5.41, 5.74) is 0.173. The van der Waals surface area contributed by atoms with Gasteiger partial charge < -0.3 is 10.2 Å². The van der Waals surface area contributed by atoms with Gasteiger partial charge in [0.2, 0.25) is 11.8 Å². The number of halogens is 1. The summed E-state index contributed by atoms with van der Waals surface area (Å²) in [6.45, 7) is 4.76. The molecule has 0 aliphatic heterocycles. The molecular formula is C29H33ClN4O6S. The molecule has 2 atom stereocenters. The van der Waals surface area contributed by atoms with Crippen molar-refractivity contribution in [1.29, 1.82) is 0 Å². The van der Waals surface area contributed by atoms with E-state index >= 15 is 0 Å². The van der Waals surface area contributed by atoms with Crippen molar-refractivity contribution in [2.24, 2.45) is 0 Å². The molecule has 41 heavy (non-hydrogen) atoms. The zero-order chi connectivity index (χ0) is 30.2. The van der Waals surface area contributed by atoms with Crippen LogP contribution in [0.1, 0.15) is 39.2 Å². The van der Waals surface area contributed by atoms with Crippen LogP contribution in [0.5, 0.6) is 0 Å². The maximum Gasteiger partial charge on any atom is 0.271 e. The molecule has 3 aromatic carbocycles. The Hall–Kier alpha value is -3.96. The number of nitro benzene ring substituents is 1. The average Bonchev–Trinajstić information content (AvgIpc) is 2.96. The number of nitrogens with one attached hydrogen (secondary N) is 1. The highest BCUT2D eigenvalue weighted by atomic mass is 35.5. The van der Waals surface area contributed by atoms with Crippen LogP contribution in [0.15, 0.2) is 83.8 Å². The van der Waals surface area contributed by atoms with E-state index in [1.165, 1.54) is 47.4 Å². The predicted octanol–water partition coefficient (Wildman–Crippen LogP) is 5.17. The molecule has 10 nitrogen and oxygen atoms in total. The van der Waals surface area contributed by atoms with Crippen LogP contribution in [0.2, 0.25) is 5.02 Å². The molecule has 0 radical (unpaired) electrons. The van der Waals surface area contributed by atoms with Gasteiger partial charge in [0.25, 0.3) is 15.7 Å². The highest BCUT2D eigenvalue weighted by Gasteiger charge is 2.34. The second-order valence-corrected chi connectivity index (χ2v) is 11.7. The van der Waals surface area contributed by atoms with Gasteiger partial charge in [0, 0.05) is 29.7 Å². The molecule has 0 spiro atoms. The molecule has 3 rings (SSSR count). The Balaban J connectivity index is 2.10. The van der Waals surface area contributed by atoms with E-state index < -0.39 is 33.4 Å². The summed E-state index contributed by atoms with van der Waals surface area (Å²) in [5, 5.41) is 14.8. The van der Waals surface area contributed by atoms with E-state index in [1.807, 2.05) is 13.8 Å². The number of non-ortho nitro benzene ring substituents is 1. The summed E-state index contributed by atoms with van der Waals surface area (Å²) >= 11 is 6.40. The molecule has 2 amide bonds. The standard InChI is InChI=1S/C29H33ClN4O6S/c1-4-21(3)31-29(36)27(5-2)32(19-22-12-9-10-17-26(22)30)28(35)20-33(23-13-11-14-24(18-23)34(37)38)41(39,40)25-15-7-6-8-16-25/h6-18,21,27H,4-5,19-20H2,1-3H3,(H,31,36). The molecule has 0 saturated carbocycles. The van der Waals surface area contributed by atoms with Gasteiger partial charge >= 0.3 is 0 Å². The summed E-state index contributed by atoms with van der Waals surface area (Å²) in [4.78, 5) is 39.4. The first-order valence-corrected chi connectivity index (χ1v) is 15.0. The lowest BCUT2D eigenvalue weighted by atomic mass is 10.1. The number of hydrogen-bond donors (Lipinski definition) is 1. The van der Waals surface area contributed by atoms with Gasteiger partial charge in [-0.15, -0.1) is 0 Å². The summed E-state index contributed by atoms with van der Waals surface area (Å²) in [6.07, 6.45) is 0.928. The number of carbonyl (C=O) groups excluding carboxylic acids is 2. The lowest BCUT2D eigenvalue weighted by Gasteiger charge is -2.33. The number of carbonyl (C=O) groups is 2. The zero-order valence-corrected chi connectivity index (χ0v) is 24.6. The van der Waals surface area contributed by atoms with Crippen molar-refractivity contribution in [2.75, 3.05) is 10.8 Å². The van der Waals surface area contributed by atoms with Gasteiger partial charge in [-0.25, -0.2) is 8.42 Å². The number of nitro groups is 1. The molecule has 12 heteroatoms. The largest absolute Gasteiger partial charge is 0.352 e. The molecule has 0 bridgehead atoms. The minimum absolute atomic E-state index is 0.0564. The minimum Gasteiger partial charge on any atom is -0.352 e. The van der Waals surface area contributed by atoms with Crippen LogP contribution < -0.4 is 9.62 Å². The van der Waals surface area contributed by atoms with E-state index in [-0.39, 0.29) is 41.2 Å². The van der Waals surface area contributed by atoms with E-state index in [4.69, 9.17) is 11.6 Å². The number of amides is 2. The first kappa shape index (κ1) is 31.6. The summed E-state index contributed by atoms with van der Waals surface area (Å²) < 4.78 is 28.5. The lowest BCUT2D eigenvalue weighted by molar-refractivity contribution is -0.384. The third kappa shape index (κ3) is 7.83. The number of anilines is 1. The second kappa shape index (κ2) is 14.1. The fourth-order valence-corrected chi connectivity index (χ4v) is 5.80. The topological polar surface area (TPSA) is 130 Å². The highest BCUT2D eigenvalue weighted by Crippen LogP contribution is 2.28. The average molecular weight is 601 g/mol. The van der Waals surface area contributed by atoms with E-state index in [9.17, 15) is 28.1 Å². The smallest absolute Gasteiger partial charge is 0.271 e. The molecule has 3 aromatic rings. The third-order valence-electron chi connectivity index (χ3n) is 6.62. The zero-order valence-electron chi connectivity index (χ0n) is 23.1. The summed E-state index contributed by atoms with van der Waals surface area (Å²) in [6, 6.07) is 18.3. The van der Waals surface area contributed by atoms with Crippen LogP contribution >= 0.6 is 11.6 Å². The summed E-state index contributed by atoms with van der Waals surface area (Å²) in [7, 11) is -4.35. The highest BCUT2D eigenvalue weighted by molar-refractivity contribution is 7.92. The molecular weight excluding hydrogens is 568 g/mol. The van der Waals surface area contributed by atoms with Gasteiger partial charge in [-0.05, 0) is 49.6 Å². The molecule has 1 N–H and O–H groups in total. The van der Waals surface area contributed by atoms with Crippen LogP contribution in [0.3, 0.4) is 0 Å². The van der Waals surface area contributed by atoms with Gasteiger partial charge in [-0.1, -0.05) is 67.9 Å². The normalized spacial score (nSPS) is 12.7. The minimum atomic E-state index is -4.35. The maximum atomic E-state index is 14.1.